The molecule has 168 valence electrons. The molecule has 0 aliphatic carbocycles. The number of nitrogens with one attached hydrogen (secondary N) is 2. The fourth-order valence-corrected chi connectivity index (χ4v) is 2.68. The molecule has 0 radical (unpaired) electrons. The lowest BCUT2D eigenvalue weighted by molar-refractivity contribution is -0.136. The number of anilines is 1. The number of rotatable bonds is 7. The van der Waals surface area contributed by atoms with Crippen molar-refractivity contribution < 1.29 is 28.6 Å². The highest BCUT2D eigenvalue weighted by atomic mass is 16.5. The standard InChI is InChI=1S/C24H21N3O6/c1-31-20-13-10-17(14-21(20)32-2)24(30)33-19-11-8-16(9-12-19)15-25-27-23(29)22(28)26-18-6-4-3-5-7-18/h3-15H,1-2H3,(H,26,28)(H,27,29). The van der Waals surface area contributed by atoms with Gasteiger partial charge >= 0.3 is 17.8 Å². The molecule has 0 aliphatic heterocycles. The van der Waals surface area contributed by atoms with Gasteiger partial charge in [0.05, 0.1) is 26.0 Å². The highest BCUT2D eigenvalue weighted by Crippen LogP contribution is 2.28. The van der Waals surface area contributed by atoms with E-state index in [4.69, 9.17) is 14.2 Å². The molecule has 0 aliphatic rings. The lowest BCUT2D eigenvalue weighted by atomic mass is 10.2. The molecular weight excluding hydrogens is 426 g/mol. The van der Waals surface area contributed by atoms with Crippen LogP contribution in [0, 0.1) is 0 Å². The van der Waals surface area contributed by atoms with Crippen LogP contribution in [0.1, 0.15) is 15.9 Å². The molecule has 9 heteroatoms. The summed E-state index contributed by atoms with van der Waals surface area (Å²) in [7, 11) is 2.98. The number of para-hydroxylation sites is 1. The summed E-state index contributed by atoms with van der Waals surface area (Å²) in [5.41, 5.74) is 3.57. The molecule has 2 amide bonds. The van der Waals surface area contributed by atoms with Gasteiger partial charge in [-0.15, -0.1) is 0 Å². The predicted molar refractivity (Wildman–Crippen MR) is 122 cm³/mol. The molecular formula is C24H21N3O6. The summed E-state index contributed by atoms with van der Waals surface area (Å²) >= 11 is 0. The number of hydrogen-bond acceptors (Lipinski definition) is 7. The Balaban J connectivity index is 1.53. The second-order valence-corrected chi connectivity index (χ2v) is 6.55. The van der Waals surface area contributed by atoms with Gasteiger partial charge in [0.2, 0.25) is 0 Å². The van der Waals surface area contributed by atoms with Gasteiger partial charge < -0.3 is 19.5 Å². The van der Waals surface area contributed by atoms with Crippen LogP contribution in [-0.2, 0) is 9.59 Å². The summed E-state index contributed by atoms with van der Waals surface area (Å²) < 4.78 is 15.7. The third-order valence-corrected chi connectivity index (χ3v) is 4.33. The molecule has 9 nitrogen and oxygen atoms in total. The second-order valence-electron chi connectivity index (χ2n) is 6.55. The minimum atomic E-state index is -0.907. The van der Waals surface area contributed by atoms with E-state index in [1.54, 1.807) is 66.7 Å². The van der Waals surface area contributed by atoms with Crippen molar-refractivity contribution in [1.29, 1.82) is 0 Å². The molecule has 0 unspecified atom stereocenters. The first kappa shape index (κ1) is 23.0. The highest BCUT2D eigenvalue weighted by Gasteiger charge is 2.14. The Kier molecular flexibility index (Phi) is 7.74. The van der Waals surface area contributed by atoms with Crippen LogP contribution in [0.4, 0.5) is 5.69 Å². The number of benzene rings is 3. The maximum absolute atomic E-state index is 12.4. The van der Waals surface area contributed by atoms with E-state index in [0.717, 1.165) is 0 Å². The fourth-order valence-electron chi connectivity index (χ4n) is 2.68. The van der Waals surface area contributed by atoms with Crippen LogP contribution in [0.15, 0.2) is 77.9 Å². The van der Waals surface area contributed by atoms with Crippen molar-refractivity contribution in [2.45, 2.75) is 0 Å². The van der Waals surface area contributed by atoms with E-state index in [1.165, 1.54) is 26.5 Å². The molecule has 0 atom stereocenters. The van der Waals surface area contributed by atoms with E-state index in [9.17, 15) is 14.4 Å². The Morgan fingerprint density at radius 2 is 1.52 bits per heavy atom. The van der Waals surface area contributed by atoms with Gasteiger partial charge in [-0.2, -0.15) is 5.10 Å². The lowest BCUT2D eigenvalue weighted by Crippen LogP contribution is -2.32. The third kappa shape index (κ3) is 6.41. The molecule has 0 spiro atoms. The molecule has 0 bridgehead atoms. The number of nitrogens with zero attached hydrogens (tertiary/aromatic N) is 1. The lowest BCUT2D eigenvalue weighted by Gasteiger charge is -2.09. The van der Waals surface area contributed by atoms with Gasteiger partial charge in [-0.3, -0.25) is 9.59 Å². The number of esters is 1. The normalized spacial score (nSPS) is 10.4. The number of amides is 2. The smallest absolute Gasteiger partial charge is 0.343 e. The Morgan fingerprint density at radius 3 is 2.18 bits per heavy atom. The molecule has 33 heavy (non-hydrogen) atoms. The summed E-state index contributed by atoms with van der Waals surface area (Å²) in [4.78, 5) is 36.0. The van der Waals surface area contributed by atoms with Crippen LogP contribution >= 0.6 is 0 Å². The zero-order chi connectivity index (χ0) is 23.6. The fraction of sp³-hybridized carbons (Fsp3) is 0.0833. The van der Waals surface area contributed by atoms with Crippen molar-refractivity contribution in [1.82, 2.24) is 5.43 Å². The quantitative estimate of drug-likeness (QED) is 0.189. The first-order valence-electron chi connectivity index (χ1n) is 9.74. The average Bonchev–Trinajstić information content (AvgIpc) is 2.85. The molecule has 0 saturated carbocycles. The highest BCUT2D eigenvalue weighted by molar-refractivity contribution is 6.39. The van der Waals surface area contributed by atoms with E-state index in [0.29, 0.717) is 34.1 Å². The van der Waals surface area contributed by atoms with Crippen LogP contribution in [0.2, 0.25) is 0 Å². The zero-order valence-corrected chi connectivity index (χ0v) is 17.9. The van der Waals surface area contributed by atoms with E-state index in [1.807, 2.05) is 0 Å². The van der Waals surface area contributed by atoms with Gasteiger partial charge in [0, 0.05) is 5.69 Å². The number of carbonyl (C=O) groups excluding carboxylic acids is 3. The molecule has 0 aromatic heterocycles. The summed E-state index contributed by atoms with van der Waals surface area (Å²) in [6.45, 7) is 0. The van der Waals surface area contributed by atoms with E-state index < -0.39 is 17.8 Å². The minimum absolute atomic E-state index is 0.301. The monoisotopic (exact) mass is 447 g/mol. The van der Waals surface area contributed by atoms with Crippen LogP contribution in [-0.4, -0.2) is 38.2 Å². The zero-order valence-electron chi connectivity index (χ0n) is 17.9. The van der Waals surface area contributed by atoms with Gasteiger partial charge in [-0.25, -0.2) is 10.2 Å². The summed E-state index contributed by atoms with van der Waals surface area (Å²) in [6.07, 6.45) is 1.35. The van der Waals surface area contributed by atoms with Gasteiger partial charge in [0.1, 0.15) is 5.75 Å². The van der Waals surface area contributed by atoms with Crippen molar-refractivity contribution in [3.05, 3.63) is 83.9 Å². The van der Waals surface area contributed by atoms with Crippen LogP contribution < -0.4 is 25.0 Å². The Bertz CT molecular complexity index is 1160. The third-order valence-electron chi connectivity index (χ3n) is 4.33. The van der Waals surface area contributed by atoms with E-state index in [2.05, 4.69) is 15.8 Å². The molecule has 0 heterocycles. The maximum atomic E-state index is 12.4. The van der Waals surface area contributed by atoms with E-state index in [-0.39, 0.29) is 0 Å². The molecule has 0 fully saturated rings. The van der Waals surface area contributed by atoms with E-state index >= 15 is 0 Å². The molecule has 2 N–H and O–H groups in total. The predicted octanol–water partition coefficient (Wildman–Crippen LogP) is 3.01. The van der Waals surface area contributed by atoms with Crippen molar-refractivity contribution in [3.8, 4) is 17.2 Å². The molecule has 3 aromatic rings. The first-order chi connectivity index (χ1) is 16.0. The van der Waals surface area contributed by atoms with Crippen LogP contribution in [0.5, 0.6) is 17.2 Å². The van der Waals surface area contributed by atoms with Crippen molar-refractivity contribution in [2.24, 2.45) is 5.10 Å². The molecule has 3 aromatic carbocycles. The van der Waals surface area contributed by atoms with Crippen molar-refractivity contribution in [3.63, 3.8) is 0 Å². The first-order valence-corrected chi connectivity index (χ1v) is 9.74. The number of methoxy groups -OCH3 is 2. The van der Waals surface area contributed by atoms with Crippen LogP contribution in [0.25, 0.3) is 0 Å². The second kappa shape index (κ2) is 11.1. The summed E-state index contributed by atoms with van der Waals surface area (Å²) in [6, 6.07) is 19.7. The maximum Gasteiger partial charge on any atom is 0.343 e. The largest absolute Gasteiger partial charge is 0.493 e. The number of hydrazone groups is 1. The van der Waals surface area contributed by atoms with Crippen molar-refractivity contribution in [2.75, 3.05) is 19.5 Å². The van der Waals surface area contributed by atoms with Gasteiger partial charge in [0.25, 0.3) is 0 Å². The topological polar surface area (TPSA) is 115 Å². The number of carbonyl (C=O) groups is 3. The van der Waals surface area contributed by atoms with Gasteiger partial charge in [-0.05, 0) is 60.2 Å². The number of ether oxygens (including phenoxy) is 3. The Labute approximate surface area is 190 Å². The Morgan fingerprint density at radius 1 is 0.818 bits per heavy atom. The molecule has 0 saturated heterocycles. The summed E-state index contributed by atoms with van der Waals surface area (Å²) in [5.74, 6) is -1.07. The summed E-state index contributed by atoms with van der Waals surface area (Å²) in [5, 5.41) is 6.21. The minimum Gasteiger partial charge on any atom is -0.493 e. The Hall–Kier alpha value is -4.66. The van der Waals surface area contributed by atoms with Gasteiger partial charge in [-0.1, -0.05) is 18.2 Å². The van der Waals surface area contributed by atoms with Crippen LogP contribution in [0.3, 0.4) is 0 Å². The SMILES string of the molecule is COc1ccc(C(=O)Oc2ccc(C=NNC(=O)C(=O)Nc3ccccc3)cc2)cc1OC. The average molecular weight is 447 g/mol. The molecule has 3 rings (SSSR count). The van der Waals surface area contributed by atoms with Crippen molar-refractivity contribution >= 4 is 29.7 Å². The van der Waals surface area contributed by atoms with Gasteiger partial charge in [0.15, 0.2) is 11.5 Å². The number of hydrogen-bond donors (Lipinski definition) is 2.